The first-order chi connectivity index (χ1) is 7.56. The third-order valence-electron chi connectivity index (χ3n) is 2.75. The molecule has 0 aliphatic rings. The largest absolute Gasteiger partial charge is 0.340 e. The van der Waals surface area contributed by atoms with Crippen molar-refractivity contribution >= 4 is 5.91 Å². The highest BCUT2D eigenvalue weighted by atomic mass is 16.1. The van der Waals surface area contributed by atoms with Gasteiger partial charge in [-0.2, -0.15) is 5.26 Å². The molecule has 0 saturated carbocycles. The molecule has 0 aliphatic heterocycles. The molecule has 92 valence electrons. The number of nitriles is 1. The van der Waals surface area contributed by atoms with Crippen LogP contribution in [0.1, 0.15) is 53.4 Å². The smallest absolute Gasteiger partial charge is 0.224 e. The molecule has 0 aromatic rings. The fourth-order valence-corrected chi connectivity index (χ4v) is 1.72. The lowest BCUT2D eigenvalue weighted by atomic mass is 9.96. The Kier molecular flexibility index (Phi) is 7.62. The van der Waals surface area contributed by atoms with Gasteiger partial charge in [0.15, 0.2) is 0 Å². The average Bonchev–Trinajstić information content (AvgIpc) is 2.24. The van der Waals surface area contributed by atoms with Gasteiger partial charge in [0.2, 0.25) is 5.91 Å². The standard InChI is InChI=1S/C13H24N2O/c1-5-7-11(8-6-2)13(16)15-12(9-14)10(3)4/h10-12H,5-8H2,1-4H3,(H,15,16). The fourth-order valence-electron chi connectivity index (χ4n) is 1.72. The Morgan fingerprint density at radius 1 is 1.25 bits per heavy atom. The maximum absolute atomic E-state index is 11.9. The van der Waals surface area contributed by atoms with Crippen molar-refractivity contribution in [3.8, 4) is 6.07 Å². The molecular weight excluding hydrogens is 200 g/mol. The van der Waals surface area contributed by atoms with E-state index in [4.69, 9.17) is 5.26 Å². The molecule has 1 atom stereocenters. The fraction of sp³-hybridized carbons (Fsp3) is 0.846. The highest BCUT2D eigenvalue weighted by molar-refractivity contribution is 5.79. The van der Waals surface area contributed by atoms with E-state index in [2.05, 4.69) is 25.2 Å². The van der Waals surface area contributed by atoms with Gasteiger partial charge in [0.25, 0.3) is 0 Å². The molecular formula is C13H24N2O. The molecule has 0 fully saturated rings. The van der Waals surface area contributed by atoms with Crippen LogP contribution >= 0.6 is 0 Å². The lowest BCUT2D eigenvalue weighted by Crippen LogP contribution is -2.41. The van der Waals surface area contributed by atoms with Crippen molar-refractivity contribution in [1.82, 2.24) is 5.32 Å². The zero-order chi connectivity index (χ0) is 12.6. The van der Waals surface area contributed by atoms with Crippen LogP contribution in [0.3, 0.4) is 0 Å². The minimum absolute atomic E-state index is 0.0453. The van der Waals surface area contributed by atoms with Gasteiger partial charge in [0, 0.05) is 5.92 Å². The normalized spacial score (nSPS) is 12.6. The molecule has 0 aromatic carbocycles. The summed E-state index contributed by atoms with van der Waals surface area (Å²) in [6.07, 6.45) is 3.85. The molecule has 1 unspecified atom stereocenters. The third-order valence-corrected chi connectivity index (χ3v) is 2.75. The molecule has 16 heavy (non-hydrogen) atoms. The molecule has 0 radical (unpaired) electrons. The van der Waals surface area contributed by atoms with Gasteiger partial charge in [-0.3, -0.25) is 4.79 Å². The van der Waals surface area contributed by atoms with Gasteiger partial charge in [-0.25, -0.2) is 0 Å². The van der Waals surface area contributed by atoms with Crippen molar-refractivity contribution in [3.05, 3.63) is 0 Å². The van der Waals surface area contributed by atoms with Crippen LogP contribution in [-0.2, 0) is 4.79 Å². The maximum Gasteiger partial charge on any atom is 0.224 e. The van der Waals surface area contributed by atoms with Gasteiger partial charge in [-0.15, -0.1) is 0 Å². The van der Waals surface area contributed by atoms with E-state index < -0.39 is 0 Å². The Bertz CT molecular complexity index is 237. The summed E-state index contributed by atoms with van der Waals surface area (Å²) in [6, 6.07) is 1.78. The van der Waals surface area contributed by atoms with E-state index in [0.717, 1.165) is 25.7 Å². The predicted octanol–water partition coefficient (Wildman–Crippen LogP) is 2.87. The summed E-state index contributed by atoms with van der Waals surface area (Å²) in [6.45, 7) is 8.06. The summed E-state index contributed by atoms with van der Waals surface area (Å²) in [5, 5.41) is 11.8. The van der Waals surface area contributed by atoms with Crippen molar-refractivity contribution in [2.75, 3.05) is 0 Å². The average molecular weight is 224 g/mol. The second kappa shape index (κ2) is 8.15. The number of nitrogens with one attached hydrogen (secondary N) is 1. The molecule has 0 aliphatic carbocycles. The Morgan fingerprint density at radius 3 is 2.06 bits per heavy atom. The lowest BCUT2D eigenvalue weighted by molar-refractivity contribution is -0.126. The van der Waals surface area contributed by atoms with E-state index in [1.54, 1.807) is 0 Å². The van der Waals surface area contributed by atoms with Gasteiger partial charge in [0.1, 0.15) is 6.04 Å². The van der Waals surface area contributed by atoms with Crippen molar-refractivity contribution in [2.45, 2.75) is 59.4 Å². The molecule has 0 bridgehead atoms. The van der Waals surface area contributed by atoms with E-state index in [-0.39, 0.29) is 23.8 Å². The molecule has 1 N–H and O–H groups in total. The van der Waals surface area contributed by atoms with Crippen molar-refractivity contribution < 1.29 is 4.79 Å². The van der Waals surface area contributed by atoms with E-state index in [1.807, 2.05) is 13.8 Å². The maximum atomic E-state index is 11.9. The minimum Gasteiger partial charge on any atom is -0.340 e. The van der Waals surface area contributed by atoms with E-state index in [9.17, 15) is 4.79 Å². The number of amides is 1. The third kappa shape index (κ3) is 5.16. The summed E-state index contributed by atoms with van der Waals surface area (Å²) >= 11 is 0. The van der Waals surface area contributed by atoms with Crippen LogP contribution in [0.2, 0.25) is 0 Å². The van der Waals surface area contributed by atoms with E-state index in [0.29, 0.717) is 0 Å². The number of rotatable bonds is 7. The van der Waals surface area contributed by atoms with Gasteiger partial charge >= 0.3 is 0 Å². The second-order valence-corrected chi connectivity index (χ2v) is 4.63. The summed E-state index contributed by atoms with van der Waals surface area (Å²) in [5.74, 6) is 0.284. The predicted molar refractivity (Wildman–Crippen MR) is 65.7 cm³/mol. The zero-order valence-electron chi connectivity index (χ0n) is 10.9. The summed E-state index contributed by atoms with van der Waals surface area (Å²) in [7, 11) is 0. The number of nitrogens with zero attached hydrogens (tertiary/aromatic N) is 1. The Hall–Kier alpha value is -1.04. The molecule has 3 heteroatoms. The second-order valence-electron chi connectivity index (χ2n) is 4.63. The SMILES string of the molecule is CCCC(CCC)C(=O)NC(C#N)C(C)C. The van der Waals surface area contributed by atoms with E-state index in [1.165, 1.54) is 0 Å². The Morgan fingerprint density at radius 2 is 1.75 bits per heavy atom. The molecule has 0 saturated heterocycles. The van der Waals surface area contributed by atoms with Gasteiger partial charge in [-0.1, -0.05) is 40.5 Å². The number of carbonyl (C=O) groups excluding carboxylic acids is 1. The van der Waals surface area contributed by atoms with Crippen LogP contribution in [-0.4, -0.2) is 11.9 Å². The van der Waals surface area contributed by atoms with Crippen LogP contribution in [0.15, 0.2) is 0 Å². The van der Waals surface area contributed by atoms with Gasteiger partial charge in [-0.05, 0) is 18.8 Å². The summed E-state index contributed by atoms with van der Waals surface area (Å²) in [4.78, 5) is 11.9. The first kappa shape index (κ1) is 15.0. The van der Waals surface area contributed by atoms with Crippen molar-refractivity contribution in [3.63, 3.8) is 0 Å². The van der Waals surface area contributed by atoms with Crippen LogP contribution in [0.25, 0.3) is 0 Å². The van der Waals surface area contributed by atoms with Crippen LogP contribution in [0.4, 0.5) is 0 Å². The van der Waals surface area contributed by atoms with Crippen molar-refractivity contribution in [2.24, 2.45) is 11.8 Å². The molecule has 3 nitrogen and oxygen atoms in total. The number of carbonyl (C=O) groups is 1. The highest BCUT2D eigenvalue weighted by Crippen LogP contribution is 2.14. The molecule has 0 rings (SSSR count). The van der Waals surface area contributed by atoms with Crippen LogP contribution < -0.4 is 5.32 Å². The van der Waals surface area contributed by atoms with Gasteiger partial charge in [0.05, 0.1) is 6.07 Å². The monoisotopic (exact) mass is 224 g/mol. The molecule has 0 aromatic heterocycles. The molecule has 0 spiro atoms. The topological polar surface area (TPSA) is 52.9 Å². The molecule has 1 amide bonds. The summed E-state index contributed by atoms with van der Waals surface area (Å²) in [5.41, 5.74) is 0. The van der Waals surface area contributed by atoms with Crippen LogP contribution in [0, 0.1) is 23.2 Å². The highest BCUT2D eigenvalue weighted by Gasteiger charge is 2.21. The first-order valence-electron chi connectivity index (χ1n) is 6.26. The first-order valence-corrected chi connectivity index (χ1v) is 6.26. The zero-order valence-corrected chi connectivity index (χ0v) is 10.9. The lowest BCUT2D eigenvalue weighted by Gasteiger charge is -2.20. The summed E-state index contributed by atoms with van der Waals surface area (Å²) < 4.78 is 0. The Balaban J connectivity index is 4.33. The number of hydrogen-bond donors (Lipinski definition) is 1. The van der Waals surface area contributed by atoms with Crippen LogP contribution in [0.5, 0.6) is 0 Å². The van der Waals surface area contributed by atoms with Crippen molar-refractivity contribution in [1.29, 1.82) is 5.26 Å². The number of hydrogen-bond acceptors (Lipinski definition) is 2. The quantitative estimate of drug-likeness (QED) is 0.723. The van der Waals surface area contributed by atoms with Gasteiger partial charge < -0.3 is 5.32 Å². The Labute approximate surface area is 99.2 Å². The van der Waals surface area contributed by atoms with E-state index >= 15 is 0 Å². The minimum atomic E-state index is -0.358. The molecule has 0 heterocycles.